The Balaban J connectivity index is 2.12. The van der Waals surface area contributed by atoms with Gasteiger partial charge in [-0.15, -0.1) is 5.10 Å². The Morgan fingerprint density at radius 2 is 1.88 bits per heavy atom. The Labute approximate surface area is 151 Å². The van der Waals surface area contributed by atoms with Crippen molar-refractivity contribution < 1.29 is 17.9 Å². The summed E-state index contributed by atoms with van der Waals surface area (Å²) in [6.07, 6.45) is 5.06. The molecular weight excluding hydrogens is 360 g/mol. The molecule has 0 N–H and O–H groups in total. The van der Waals surface area contributed by atoms with Crippen LogP contribution < -0.4 is 5.69 Å². The maximum Gasteiger partial charge on any atom is 0.351 e. The summed E-state index contributed by atoms with van der Waals surface area (Å²) in [5.41, 5.74) is -0.580. The van der Waals surface area contributed by atoms with Crippen LogP contribution in [0.25, 0.3) is 5.65 Å². The van der Waals surface area contributed by atoms with E-state index in [1.54, 1.807) is 0 Å². The van der Waals surface area contributed by atoms with Crippen molar-refractivity contribution in [2.75, 3.05) is 20.2 Å². The quantitative estimate of drug-likeness (QED) is 0.725. The van der Waals surface area contributed by atoms with E-state index in [1.807, 2.05) is 0 Å². The van der Waals surface area contributed by atoms with Gasteiger partial charge in [-0.1, -0.05) is 12.8 Å². The maximum absolute atomic E-state index is 13.1. The second-order valence-electron chi connectivity index (χ2n) is 6.31. The Kier molecular flexibility index (Phi) is 5.15. The van der Waals surface area contributed by atoms with Gasteiger partial charge in [0.15, 0.2) is 11.7 Å². The zero-order chi connectivity index (χ0) is 18.9. The fraction of sp³-hybridized carbons (Fsp3) is 0.562. The second-order valence-corrected chi connectivity index (χ2v) is 8.22. The maximum atomic E-state index is 13.1. The number of fused-ring (bicyclic) bond motifs is 1. The van der Waals surface area contributed by atoms with Crippen LogP contribution in [0, 0.1) is 0 Å². The lowest BCUT2D eigenvalue weighted by Crippen LogP contribution is -2.32. The normalized spacial score (nSPS) is 17.8. The predicted octanol–water partition coefficient (Wildman–Crippen LogP) is 0.795. The minimum Gasteiger partial charge on any atom is -0.467 e. The fourth-order valence-corrected chi connectivity index (χ4v) is 4.77. The molecule has 0 saturated carbocycles. The van der Waals surface area contributed by atoms with Crippen molar-refractivity contribution in [3.05, 3.63) is 28.8 Å². The average Bonchev–Trinajstić information content (AvgIpc) is 2.82. The van der Waals surface area contributed by atoms with Gasteiger partial charge in [0.1, 0.15) is 4.90 Å². The Morgan fingerprint density at radius 1 is 1.23 bits per heavy atom. The van der Waals surface area contributed by atoms with Crippen LogP contribution in [-0.4, -0.2) is 53.1 Å². The number of carbonyl (C=O) groups is 1. The van der Waals surface area contributed by atoms with Gasteiger partial charge >= 0.3 is 11.7 Å². The number of pyridine rings is 1. The van der Waals surface area contributed by atoms with E-state index in [0.717, 1.165) is 34.8 Å². The molecule has 10 heteroatoms. The molecule has 0 aliphatic carbocycles. The summed E-state index contributed by atoms with van der Waals surface area (Å²) in [5.74, 6) is -0.632. The van der Waals surface area contributed by atoms with Gasteiger partial charge in [0.05, 0.1) is 7.11 Å². The predicted molar refractivity (Wildman–Crippen MR) is 93.4 cm³/mol. The number of aromatic nitrogens is 3. The van der Waals surface area contributed by atoms with Gasteiger partial charge in [-0.05, 0) is 31.9 Å². The molecule has 2 aromatic heterocycles. The number of sulfonamides is 1. The summed E-state index contributed by atoms with van der Waals surface area (Å²) in [5, 5.41) is 4.13. The number of carbonyl (C=O) groups excluding carboxylic acids is 1. The number of methoxy groups -OCH3 is 1. The van der Waals surface area contributed by atoms with E-state index in [2.05, 4.69) is 9.84 Å². The molecule has 1 fully saturated rings. The van der Waals surface area contributed by atoms with Gasteiger partial charge in [-0.2, -0.15) is 8.99 Å². The van der Waals surface area contributed by atoms with Crippen molar-refractivity contribution in [3.8, 4) is 0 Å². The molecule has 0 bridgehead atoms. The van der Waals surface area contributed by atoms with Crippen molar-refractivity contribution in [1.82, 2.24) is 18.5 Å². The lowest BCUT2D eigenvalue weighted by Gasteiger charge is -2.19. The van der Waals surface area contributed by atoms with Crippen molar-refractivity contribution in [2.45, 2.75) is 43.5 Å². The van der Waals surface area contributed by atoms with Crippen LogP contribution in [0.5, 0.6) is 0 Å². The van der Waals surface area contributed by atoms with E-state index in [4.69, 9.17) is 0 Å². The summed E-state index contributed by atoms with van der Waals surface area (Å²) < 4.78 is 34.4. The van der Waals surface area contributed by atoms with Crippen LogP contribution >= 0.6 is 0 Å². The topological polar surface area (TPSA) is 103 Å². The van der Waals surface area contributed by atoms with Gasteiger partial charge in [0.2, 0.25) is 10.0 Å². The molecule has 1 aliphatic rings. The van der Waals surface area contributed by atoms with Gasteiger partial charge in [0, 0.05) is 19.3 Å². The Morgan fingerprint density at radius 3 is 2.50 bits per heavy atom. The molecule has 2 aromatic rings. The van der Waals surface area contributed by atoms with E-state index in [-0.39, 0.29) is 10.5 Å². The van der Waals surface area contributed by atoms with E-state index >= 15 is 0 Å². The van der Waals surface area contributed by atoms with Crippen LogP contribution in [-0.2, 0) is 19.6 Å². The first-order valence-electron chi connectivity index (χ1n) is 8.56. The smallest absolute Gasteiger partial charge is 0.351 e. The Hall–Kier alpha value is -2.20. The van der Waals surface area contributed by atoms with Crippen molar-refractivity contribution >= 4 is 21.6 Å². The number of hydrogen-bond donors (Lipinski definition) is 0. The molecule has 0 unspecified atom stereocenters. The first kappa shape index (κ1) is 18.6. The van der Waals surface area contributed by atoms with Gasteiger partial charge in [-0.25, -0.2) is 22.4 Å². The van der Waals surface area contributed by atoms with Gasteiger partial charge < -0.3 is 4.74 Å². The van der Waals surface area contributed by atoms with Crippen LogP contribution in [0.15, 0.2) is 28.0 Å². The molecule has 0 spiro atoms. The average molecular weight is 382 g/mol. The number of ether oxygens (including phenoxy) is 1. The highest BCUT2D eigenvalue weighted by Gasteiger charge is 2.30. The highest BCUT2D eigenvalue weighted by Crippen LogP contribution is 2.23. The van der Waals surface area contributed by atoms with E-state index in [0.29, 0.717) is 13.1 Å². The summed E-state index contributed by atoms with van der Waals surface area (Å²) in [6, 6.07) is 1.98. The molecule has 142 valence electrons. The first-order valence-corrected chi connectivity index (χ1v) is 10.00. The lowest BCUT2D eigenvalue weighted by molar-refractivity contribution is -0.144. The number of esters is 1. The molecule has 0 radical (unpaired) electrons. The lowest BCUT2D eigenvalue weighted by atomic mass is 10.2. The fourth-order valence-electron chi connectivity index (χ4n) is 3.13. The number of hydrogen-bond acceptors (Lipinski definition) is 6. The summed E-state index contributed by atoms with van der Waals surface area (Å²) in [6.45, 7) is 2.38. The van der Waals surface area contributed by atoms with Crippen molar-refractivity contribution in [1.29, 1.82) is 0 Å². The zero-order valence-electron chi connectivity index (χ0n) is 14.8. The van der Waals surface area contributed by atoms with E-state index < -0.39 is 27.7 Å². The molecule has 26 heavy (non-hydrogen) atoms. The minimum absolute atomic E-state index is 0.0116. The Bertz CT molecular complexity index is 970. The zero-order valence-corrected chi connectivity index (χ0v) is 15.6. The number of nitrogens with zero attached hydrogens (tertiary/aromatic N) is 4. The monoisotopic (exact) mass is 382 g/mol. The first-order chi connectivity index (χ1) is 12.4. The standard InChI is InChI=1S/C16H22N4O5S/c1-12(15(21)25-2)20-16(22)19-11-7-8-13(14(19)17-20)26(23,24)18-9-5-3-4-6-10-18/h7-8,11-12H,3-6,9-10H2,1-2H3/t12-/m1/s1. The largest absolute Gasteiger partial charge is 0.467 e. The third-order valence-corrected chi connectivity index (χ3v) is 6.55. The highest BCUT2D eigenvalue weighted by atomic mass is 32.2. The van der Waals surface area contributed by atoms with E-state index in [1.165, 1.54) is 36.7 Å². The molecule has 3 rings (SSSR count). The molecule has 1 atom stereocenters. The van der Waals surface area contributed by atoms with E-state index in [9.17, 15) is 18.0 Å². The third-order valence-electron chi connectivity index (χ3n) is 4.63. The minimum atomic E-state index is -3.79. The van der Waals surface area contributed by atoms with Crippen LogP contribution in [0.3, 0.4) is 0 Å². The molecule has 1 aliphatic heterocycles. The highest BCUT2D eigenvalue weighted by molar-refractivity contribution is 7.89. The van der Waals surface area contributed by atoms with Crippen LogP contribution in [0.4, 0.5) is 0 Å². The van der Waals surface area contributed by atoms with Gasteiger partial charge in [0.25, 0.3) is 0 Å². The summed E-state index contributed by atoms with van der Waals surface area (Å²) >= 11 is 0. The molecule has 3 heterocycles. The second kappa shape index (κ2) is 7.20. The third kappa shape index (κ3) is 3.14. The SMILES string of the molecule is COC(=O)[C@@H](C)n1nc2c(S(=O)(=O)N3CCCCCC3)cccn2c1=O. The van der Waals surface area contributed by atoms with Crippen molar-refractivity contribution in [3.63, 3.8) is 0 Å². The summed E-state index contributed by atoms with van der Waals surface area (Å²) in [7, 11) is -2.57. The molecule has 1 saturated heterocycles. The number of rotatable bonds is 4. The molecule has 9 nitrogen and oxygen atoms in total. The summed E-state index contributed by atoms with van der Waals surface area (Å²) in [4.78, 5) is 24.3. The molecule has 0 aromatic carbocycles. The van der Waals surface area contributed by atoms with Gasteiger partial charge in [-0.3, -0.25) is 0 Å². The van der Waals surface area contributed by atoms with Crippen molar-refractivity contribution in [2.24, 2.45) is 0 Å². The molecular formula is C16H22N4O5S. The molecule has 0 amide bonds. The van der Waals surface area contributed by atoms with Crippen LogP contribution in [0.2, 0.25) is 0 Å². The van der Waals surface area contributed by atoms with Crippen LogP contribution in [0.1, 0.15) is 38.6 Å².